The molecule has 0 radical (unpaired) electrons. The molecule has 0 bridgehead atoms. The van der Waals surface area contributed by atoms with Crippen molar-refractivity contribution in [3.8, 4) is 0 Å². The third-order valence-corrected chi connectivity index (χ3v) is 4.72. The first-order valence-corrected chi connectivity index (χ1v) is 7.92. The Morgan fingerprint density at radius 3 is 2.90 bits per heavy atom. The van der Waals surface area contributed by atoms with E-state index in [0.29, 0.717) is 24.3 Å². The molecule has 116 valence electrons. The third-order valence-electron chi connectivity index (χ3n) is 4.72. The molecule has 0 aromatic carbocycles. The van der Waals surface area contributed by atoms with E-state index in [0.717, 1.165) is 18.3 Å². The Balaban J connectivity index is 1.88. The molecule has 6 nitrogen and oxygen atoms in total. The number of hydrogen-bond acceptors (Lipinski definition) is 6. The number of nitrogens with two attached hydrogens (primary N) is 1. The summed E-state index contributed by atoms with van der Waals surface area (Å²) in [5.74, 6) is 8.69. The van der Waals surface area contributed by atoms with Crippen molar-refractivity contribution in [1.29, 1.82) is 0 Å². The van der Waals surface area contributed by atoms with Gasteiger partial charge in [-0.2, -0.15) is 0 Å². The Hall–Kier alpha value is -1.40. The molecule has 2 aliphatic rings. The molecule has 2 fully saturated rings. The normalized spacial score (nSPS) is 25.5. The highest BCUT2D eigenvalue weighted by Crippen LogP contribution is 2.37. The fourth-order valence-corrected chi connectivity index (χ4v) is 3.81. The highest BCUT2D eigenvalue weighted by atomic mass is 16.5. The van der Waals surface area contributed by atoms with E-state index in [1.807, 2.05) is 6.07 Å². The molecule has 2 heterocycles. The fourth-order valence-electron chi connectivity index (χ4n) is 3.81. The van der Waals surface area contributed by atoms with Crippen LogP contribution in [0.1, 0.15) is 44.3 Å². The van der Waals surface area contributed by atoms with Crippen LogP contribution in [0.25, 0.3) is 0 Å². The van der Waals surface area contributed by atoms with E-state index >= 15 is 0 Å². The van der Waals surface area contributed by atoms with Gasteiger partial charge >= 0.3 is 0 Å². The van der Waals surface area contributed by atoms with E-state index in [2.05, 4.69) is 20.3 Å². The lowest BCUT2D eigenvalue weighted by atomic mass is 9.78. The minimum absolute atomic E-state index is 0.407. The smallest absolute Gasteiger partial charge is 0.158 e. The molecule has 3 N–H and O–H groups in total. The molecule has 0 amide bonds. The lowest BCUT2D eigenvalue weighted by molar-refractivity contribution is 0.177. The van der Waals surface area contributed by atoms with Gasteiger partial charge in [-0.1, -0.05) is 12.8 Å². The minimum atomic E-state index is 0.407. The zero-order chi connectivity index (χ0) is 14.7. The van der Waals surface area contributed by atoms with Crippen LogP contribution in [0.4, 0.5) is 11.6 Å². The van der Waals surface area contributed by atoms with Crippen molar-refractivity contribution < 1.29 is 4.74 Å². The Bertz CT molecular complexity index is 479. The van der Waals surface area contributed by atoms with Gasteiger partial charge in [0.15, 0.2) is 5.82 Å². The first-order valence-electron chi connectivity index (χ1n) is 7.92. The molecule has 1 aromatic rings. The van der Waals surface area contributed by atoms with Gasteiger partial charge < -0.3 is 15.1 Å². The summed E-state index contributed by atoms with van der Waals surface area (Å²) in [5, 5.41) is 0. The summed E-state index contributed by atoms with van der Waals surface area (Å²) in [7, 11) is 1.66. The topological polar surface area (TPSA) is 76.3 Å². The minimum Gasteiger partial charge on any atom is -0.377 e. The van der Waals surface area contributed by atoms with Crippen molar-refractivity contribution in [2.75, 3.05) is 24.0 Å². The number of piperidine rings is 1. The van der Waals surface area contributed by atoms with E-state index in [9.17, 15) is 0 Å². The SMILES string of the molecule is COCc1nc(NN)cc(N2CCCC3CCCCC32)n1. The van der Waals surface area contributed by atoms with Crippen LogP contribution in [0.15, 0.2) is 6.07 Å². The van der Waals surface area contributed by atoms with E-state index in [1.54, 1.807) is 7.11 Å². The first kappa shape index (κ1) is 14.5. The maximum Gasteiger partial charge on any atom is 0.158 e. The summed E-state index contributed by atoms with van der Waals surface area (Å²) in [6, 6.07) is 2.58. The van der Waals surface area contributed by atoms with Gasteiger partial charge in [-0.05, 0) is 31.6 Å². The number of rotatable bonds is 4. The number of nitrogens with zero attached hydrogens (tertiary/aromatic N) is 3. The van der Waals surface area contributed by atoms with E-state index < -0.39 is 0 Å². The lowest BCUT2D eigenvalue weighted by Crippen LogP contribution is -2.47. The number of anilines is 2. The van der Waals surface area contributed by atoms with Crippen molar-refractivity contribution in [2.45, 2.75) is 51.2 Å². The van der Waals surface area contributed by atoms with Gasteiger partial charge in [0.1, 0.15) is 18.2 Å². The summed E-state index contributed by atoms with van der Waals surface area (Å²) >= 11 is 0. The summed E-state index contributed by atoms with van der Waals surface area (Å²) in [6.45, 7) is 1.49. The molecule has 1 saturated carbocycles. The average Bonchev–Trinajstić information content (AvgIpc) is 2.54. The van der Waals surface area contributed by atoms with Crippen molar-refractivity contribution in [3.63, 3.8) is 0 Å². The molecule has 1 aliphatic carbocycles. The Labute approximate surface area is 126 Å². The van der Waals surface area contributed by atoms with Crippen LogP contribution in [0, 0.1) is 5.92 Å². The number of hydrazine groups is 1. The Morgan fingerprint density at radius 2 is 2.10 bits per heavy atom. The average molecular weight is 291 g/mol. The van der Waals surface area contributed by atoms with Crippen LogP contribution >= 0.6 is 0 Å². The number of methoxy groups -OCH3 is 1. The van der Waals surface area contributed by atoms with E-state index in [4.69, 9.17) is 10.6 Å². The van der Waals surface area contributed by atoms with Gasteiger partial charge in [0.05, 0.1) is 0 Å². The largest absolute Gasteiger partial charge is 0.377 e. The zero-order valence-electron chi connectivity index (χ0n) is 12.7. The van der Waals surface area contributed by atoms with Gasteiger partial charge in [-0.3, -0.25) is 0 Å². The second kappa shape index (κ2) is 6.58. The number of fused-ring (bicyclic) bond motifs is 1. The molecule has 2 atom stereocenters. The maximum absolute atomic E-state index is 5.55. The van der Waals surface area contributed by atoms with Crippen molar-refractivity contribution in [1.82, 2.24) is 9.97 Å². The highest BCUT2D eigenvalue weighted by molar-refractivity contribution is 5.50. The maximum atomic E-state index is 5.55. The monoisotopic (exact) mass is 291 g/mol. The number of hydrogen-bond donors (Lipinski definition) is 2. The predicted molar refractivity (Wildman–Crippen MR) is 82.9 cm³/mol. The van der Waals surface area contributed by atoms with Crippen molar-refractivity contribution in [3.05, 3.63) is 11.9 Å². The second-order valence-corrected chi connectivity index (χ2v) is 6.05. The third kappa shape index (κ3) is 3.11. The molecule has 0 spiro atoms. The summed E-state index contributed by atoms with van der Waals surface area (Å²) in [5.41, 5.74) is 2.64. The summed E-state index contributed by atoms with van der Waals surface area (Å²) in [4.78, 5) is 11.5. The summed E-state index contributed by atoms with van der Waals surface area (Å²) in [6.07, 6.45) is 7.95. The second-order valence-electron chi connectivity index (χ2n) is 6.05. The zero-order valence-corrected chi connectivity index (χ0v) is 12.7. The fraction of sp³-hybridized carbons (Fsp3) is 0.733. The van der Waals surface area contributed by atoms with E-state index in [-0.39, 0.29) is 0 Å². The van der Waals surface area contributed by atoms with Crippen LogP contribution in [-0.2, 0) is 11.3 Å². The molecular formula is C15H25N5O. The quantitative estimate of drug-likeness (QED) is 0.653. The molecule has 6 heteroatoms. The molecule has 1 aliphatic heterocycles. The van der Waals surface area contributed by atoms with Gasteiger partial charge in [-0.25, -0.2) is 15.8 Å². The van der Waals surface area contributed by atoms with Crippen molar-refractivity contribution >= 4 is 11.6 Å². The first-order chi connectivity index (χ1) is 10.3. The van der Waals surface area contributed by atoms with Gasteiger partial charge in [0, 0.05) is 25.8 Å². The Morgan fingerprint density at radius 1 is 1.29 bits per heavy atom. The molecular weight excluding hydrogens is 266 g/mol. The summed E-state index contributed by atoms with van der Waals surface area (Å²) < 4.78 is 5.16. The molecule has 3 rings (SSSR count). The number of aromatic nitrogens is 2. The van der Waals surface area contributed by atoms with Crippen LogP contribution in [0.5, 0.6) is 0 Å². The lowest BCUT2D eigenvalue weighted by Gasteiger charge is -2.44. The van der Waals surface area contributed by atoms with E-state index in [1.165, 1.54) is 38.5 Å². The molecule has 1 aromatic heterocycles. The van der Waals surface area contributed by atoms with Gasteiger partial charge in [0.25, 0.3) is 0 Å². The van der Waals surface area contributed by atoms with Crippen molar-refractivity contribution in [2.24, 2.45) is 11.8 Å². The molecule has 1 saturated heterocycles. The standard InChI is InChI=1S/C15H25N5O/c1-21-10-14-17-13(19-16)9-15(18-14)20-8-4-6-11-5-2-3-7-12(11)20/h9,11-12H,2-8,10,16H2,1H3,(H,17,18,19). The Kier molecular flexibility index (Phi) is 4.55. The molecule has 2 unspecified atom stereocenters. The van der Waals surface area contributed by atoms with Crippen LogP contribution in [-0.4, -0.2) is 29.7 Å². The van der Waals surface area contributed by atoms with Crippen LogP contribution in [0.3, 0.4) is 0 Å². The van der Waals surface area contributed by atoms with Gasteiger partial charge in [-0.15, -0.1) is 0 Å². The number of nitrogens with one attached hydrogen (secondary N) is 1. The van der Waals surface area contributed by atoms with Gasteiger partial charge in [0.2, 0.25) is 0 Å². The predicted octanol–water partition coefficient (Wildman–Crippen LogP) is 2.07. The molecule has 21 heavy (non-hydrogen) atoms. The highest BCUT2D eigenvalue weighted by Gasteiger charge is 2.34. The van der Waals surface area contributed by atoms with Crippen LogP contribution < -0.4 is 16.2 Å². The number of ether oxygens (including phenoxy) is 1. The number of nitrogen functional groups attached to an aromatic ring is 1. The van der Waals surface area contributed by atoms with Crippen LogP contribution in [0.2, 0.25) is 0 Å².